The number of carbonyl (C=O) groups excluding carboxylic acids is 1. The van der Waals surface area contributed by atoms with Crippen LogP contribution < -0.4 is 5.32 Å². The largest absolute Gasteiger partial charge is 0.472 e. The second kappa shape index (κ2) is 3.75. The van der Waals surface area contributed by atoms with Gasteiger partial charge in [0.25, 0.3) is 5.91 Å². The standard InChI is InChI=1S/C11H8F5NO2S/c12-20(13,14,15,16)10-3-1-9(2-4-10)17-11(18)8-5-6-19-7-8/h1-7H,(H,17,18). The third kappa shape index (κ3) is 3.29. The topological polar surface area (TPSA) is 42.2 Å². The zero-order chi connectivity index (χ0) is 15.1. The van der Waals surface area contributed by atoms with Crippen molar-refractivity contribution in [2.45, 2.75) is 4.90 Å². The Morgan fingerprint density at radius 2 is 1.60 bits per heavy atom. The molecule has 0 unspecified atom stereocenters. The van der Waals surface area contributed by atoms with Crippen molar-refractivity contribution in [2.75, 3.05) is 5.32 Å². The second-order valence-corrected chi connectivity index (χ2v) is 6.37. The first-order valence-corrected chi connectivity index (χ1v) is 7.08. The van der Waals surface area contributed by atoms with Gasteiger partial charge in [-0.1, -0.05) is 19.4 Å². The number of furan rings is 1. The molecule has 9 heteroatoms. The Hall–Kier alpha value is -2.03. The summed E-state index contributed by atoms with van der Waals surface area (Å²) in [4.78, 5) is 9.54. The highest BCUT2D eigenvalue weighted by molar-refractivity contribution is 8.45. The first-order valence-electron chi connectivity index (χ1n) is 5.13. The average molecular weight is 313 g/mol. The van der Waals surface area contributed by atoms with E-state index in [0.29, 0.717) is 0 Å². The van der Waals surface area contributed by atoms with Crippen LogP contribution in [0.15, 0.2) is 52.2 Å². The van der Waals surface area contributed by atoms with Crippen LogP contribution in [0.25, 0.3) is 0 Å². The Kier molecular flexibility index (Phi) is 2.70. The lowest BCUT2D eigenvalue weighted by atomic mass is 10.3. The molecule has 0 radical (unpaired) electrons. The van der Waals surface area contributed by atoms with E-state index >= 15 is 0 Å². The molecule has 20 heavy (non-hydrogen) atoms. The van der Waals surface area contributed by atoms with Gasteiger partial charge in [-0.15, -0.1) is 0 Å². The average Bonchev–Trinajstić information content (AvgIpc) is 2.79. The molecule has 1 N–H and O–H groups in total. The van der Waals surface area contributed by atoms with E-state index < -0.39 is 21.0 Å². The van der Waals surface area contributed by atoms with Gasteiger partial charge in [0, 0.05) is 5.69 Å². The molecule has 0 fully saturated rings. The van der Waals surface area contributed by atoms with Gasteiger partial charge in [-0.05, 0) is 30.3 Å². The van der Waals surface area contributed by atoms with E-state index in [1.54, 1.807) is 0 Å². The summed E-state index contributed by atoms with van der Waals surface area (Å²) in [5.41, 5.74) is 0.114. The van der Waals surface area contributed by atoms with Gasteiger partial charge in [0.1, 0.15) is 11.2 Å². The molecule has 1 heterocycles. The van der Waals surface area contributed by atoms with Gasteiger partial charge >= 0.3 is 10.2 Å². The van der Waals surface area contributed by atoms with Crippen LogP contribution in [0.1, 0.15) is 10.4 Å². The van der Waals surface area contributed by atoms with Gasteiger partial charge in [-0.25, -0.2) is 0 Å². The van der Waals surface area contributed by atoms with Gasteiger partial charge in [-0.3, -0.25) is 4.79 Å². The molecule has 110 valence electrons. The number of rotatable bonds is 3. The number of anilines is 1. The maximum atomic E-state index is 12.5. The van der Waals surface area contributed by atoms with Crippen molar-refractivity contribution in [1.29, 1.82) is 0 Å². The molecule has 0 aliphatic rings. The molecule has 0 aliphatic carbocycles. The summed E-state index contributed by atoms with van der Waals surface area (Å²) in [7, 11) is -9.68. The van der Waals surface area contributed by atoms with Crippen molar-refractivity contribution < 1.29 is 28.6 Å². The Morgan fingerprint density at radius 1 is 1.00 bits per heavy atom. The third-order valence-corrected chi connectivity index (χ3v) is 3.50. The number of amides is 1. The lowest BCUT2D eigenvalue weighted by Gasteiger charge is -2.40. The Balaban J connectivity index is 2.20. The SMILES string of the molecule is O=C(Nc1ccc(S(F)(F)(F)(F)F)cc1)c1ccoc1. The van der Waals surface area contributed by atoms with Crippen molar-refractivity contribution >= 4 is 21.8 Å². The second-order valence-electron chi connectivity index (χ2n) is 3.96. The van der Waals surface area contributed by atoms with E-state index in [0.717, 1.165) is 18.4 Å². The first-order chi connectivity index (χ1) is 8.95. The summed E-state index contributed by atoms with van der Waals surface area (Å²) < 4.78 is 67.0. The molecular formula is C11H8F5NO2S. The Labute approximate surface area is 110 Å². The van der Waals surface area contributed by atoms with Gasteiger partial charge in [0.2, 0.25) is 0 Å². The predicted octanol–water partition coefficient (Wildman–Crippen LogP) is 5.19. The van der Waals surface area contributed by atoms with Crippen LogP contribution in [0.3, 0.4) is 0 Å². The van der Waals surface area contributed by atoms with E-state index in [9.17, 15) is 24.2 Å². The third-order valence-electron chi connectivity index (χ3n) is 2.34. The fraction of sp³-hybridized carbons (Fsp3) is 0. The predicted molar refractivity (Wildman–Crippen MR) is 64.5 cm³/mol. The molecule has 3 nitrogen and oxygen atoms in total. The van der Waals surface area contributed by atoms with Gasteiger partial charge in [-0.2, -0.15) is 0 Å². The molecule has 0 saturated heterocycles. The number of halogens is 5. The molecule has 1 amide bonds. The Morgan fingerprint density at radius 3 is 2.05 bits per heavy atom. The van der Waals surface area contributed by atoms with E-state index in [-0.39, 0.29) is 23.4 Å². The van der Waals surface area contributed by atoms with Crippen LogP contribution in [-0.2, 0) is 0 Å². The van der Waals surface area contributed by atoms with E-state index in [2.05, 4.69) is 9.73 Å². The summed E-state index contributed by atoms with van der Waals surface area (Å²) in [6.45, 7) is 0. The molecule has 2 aromatic rings. The normalized spacial score (nSPS) is 15.2. The molecule has 1 aromatic heterocycles. The molecular weight excluding hydrogens is 305 g/mol. The number of nitrogens with one attached hydrogen (secondary N) is 1. The lowest BCUT2D eigenvalue weighted by molar-refractivity contribution is 0.102. The van der Waals surface area contributed by atoms with Gasteiger partial charge in [0.15, 0.2) is 0 Å². The minimum atomic E-state index is -9.68. The summed E-state index contributed by atoms with van der Waals surface area (Å²) in [6.07, 6.45) is 2.38. The van der Waals surface area contributed by atoms with Crippen molar-refractivity contribution in [2.24, 2.45) is 0 Å². The monoisotopic (exact) mass is 313 g/mol. The zero-order valence-electron chi connectivity index (χ0n) is 9.66. The van der Waals surface area contributed by atoms with Crippen molar-refractivity contribution in [3.8, 4) is 0 Å². The molecule has 0 spiro atoms. The molecule has 2 rings (SSSR count). The number of hydrogen-bond donors (Lipinski definition) is 1. The maximum absolute atomic E-state index is 12.5. The number of benzene rings is 1. The van der Waals surface area contributed by atoms with Crippen LogP contribution in [0.5, 0.6) is 0 Å². The van der Waals surface area contributed by atoms with E-state index in [1.165, 1.54) is 12.3 Å². The number of hydrogen-bond acceptors (Lipinski definition) is 2. The van der Waals surface area contributed by atoms with Crippen LogP contribution >= 0.6 is 10.2 Å². The first kappa shape index (κ1) is 14.4. The summed E-state index contributed by atoms with van der Waals surface area (Å²) in [5, 5.41) is 2.25. The molecule has 0 bridgehead atoms. The van der Waals surface area contributed by atoms with Crippen LogP contribution in [0.2, 0.25) is 0 Å². The highest BCUT2D eigenvalue weighted by atomic mass is 32.5. The minimum Gasteiger partial charge on any atom is -0.472 e. The molecule has 0 atom stereocenters. The van der Waals surface area contributed by atoms with Crippen molar-refractivity contribution in [3.05, 3.63) is 48.4 Å². The van der Waals surface area contributed by atoms with Crippen molar-refractivity contribution in [3.63, 3.8) is 0 Å². The highest BCUT2D eigenvalue weighted by Crippen LogP contribution is 3.02. The maximum Gasteiger partial charge on any atom is 0.310 e. The van der Waals surface area contributed by atoms with E-state index in [4.69, 9.17) is 0 Å². The Bertz CT molecular complexity index is 634. The summed E-state index contributed by atoms with van der Waals surface area (Å²) in [6, 6.07) is 3.31. The fourth-order valence-corrected chi connectivity index (χ4v) is 2.04. The fourth-order valence-electron chi connectivity index (χ4n) is 1.39. The van der Waals surface area contributed by atoms with E-state index in [1.807, 2.05) is 0 Å². The lowest BCUT2D eigenvalue weighted by Crippen LogP contribution is -2.11. The zero-order valence-corrected chi connectivity index (χ0v) is 10.5. The summed E-state index contributed by atoms with van der Waals surface area (Å²) >= 11 is 0. The highest BCUT2D eigenvalue weighted by Gasteiger charge is 2.65. The molecule has 1 aromatic carbocycles. The number of carbonyl (C=O) groups is 1. The smallest absolute Gasteiger partial charge is 0.310 e. The van der Waals surface area contributed by atoms with Crippen LogP contribution in [0.4, 0.5) is 25.1 Å². The quantitative estimate of drug-likeness (QED) is 0.792. The van der Waals surface area contributed by atoms with Crippen molar-refractivity contribution in [1.82, 2.24) is 0 Å². The van der Waals surface area contributed by atoms with Crippen LogP contribution in [-0.4, -0.2) is 5.91 Å². The molecule has 0 saturated carbocycles. The van der Waals surface area contributed by atoms with Gasteiger partial charge < -0.3 is 9.73 Å². The van der Waals surface area contributed by atoms with Crippen LogP contribution in [0, 0.1) is 0 Å². The van der Waals surface area contributed by atoms with Gasteiger partial charge in [0.05, 0.1) is 11.8 Å². The minimum absolute atomic E-state index is 0.0400. The summed E-state index contributed by atoms with van der Waals surface area (Å²) in [5.74, 6) is -0.626. The molecule has 0 aliphatic heterocycles.